The van der Waals surface area contributed by atoms with Gasteiger partial charge in [0.25, 0.3) is 0 Å². The number of rotatable bonds is 4. The first-order valence-corrected chi connectivity index (χ1v) is 8.65. The predicted molar refractivity (Wildman–Crippen MR) is 82.8 cm³/mol. The van der Waals surface area contributed by atoms with Crippen LogP contribution in [0.2, 0.25) is 0 Å². The highest BCUT2D eigenvalue weighted by atomic mass is 79.9. The van der Waals surface area contributed by atoms with Crippen LogP contribution in [-0.2, 0) is 16.6 Å². The number of benzene rings is 1. The van der Waals surface area contributed by atoms with Crippen LogP contribution in [0, 0.1) is 13.8 Å². The van der Waals surface area contributed by atoms with Crippen molar-refractivity contribution in [1.82, 2.24) is 4.98 Å². The van der Waals surface area contributed by atoms with Crippen LogP contribution in [0.25, 0.3) is 0 Å². The molecule has 2 rings (SSSR count). The standard InChI is InChI=1S/C13H12BrNO3S2/c1-7-8(2)19-12(15-7)6-20(18)9-3-4-11(14)10(5-9)13(16)17/h3-5H,6H2,1-2H3,(H,16,17). The first-order chi connectivity index (χ1) is 9.38. The largest absolute Gasteiger partial charge is 0.478 e. The van der Waals surface area contributed by atoms with Crippen molar-refractivity contribution in [2.75, 3.05) is 0 Å². The average molecular weight is 374 g/mol. The van der Waals surface area contributed by atoms with Gasteiger partial charge in [0.2, 0.25) is 0 Å². The SMILES string of the molecule is Cc1nc(CS(=O)c2ccc(Br)c(C(=O)O)c2)sc1C. The van der Waals surface area contributed by atoms with E-state index in [9.17, 15) is 9.00 Å². The highest BCUT2D eigenvalue weighted by Gasteiger charge is 2.14. The van der Waals surface area contributed by atoms with E-state index in [0.29, 0.717) is 15.1 Å². The molecule has 1 aromatic carbocycles. The second-order valence-electron chi connectivity index (χ2n) is 4.19. The Hall–Kier alpha value is -1.05. The molecule has 1 aromatic heterocycles. The van der Waals surface area contributed by atoms with Crippen molar-refractivity contribution in [2.24, 2.45) is 0 Å². The number of carboxylic acids is 1. The lowest BCUT2D eigenvalue weighted by molar-refractivity contribution is 0.0695. The van der Waals surface area contributed by atoms with E-state index in [2.05, 4.69) is 20.9 Å². The molecule has 0 aliphatic carbocycles. The van der Waals surface area contributed by atoms with E-state index in [1.54, 1.807) is 12.1 Å². The van der Waals surface area contributed by atoms with Crippen LogP contribution in [0.3, 0.4) is 0 Å². The summed E-state index contributed by atoms with van der Waals surface area (Å²) in [5, 5.41) is 9.87. The molecule has 0 saturated heterocycles. The van der Waals surface area contributed by atoms with Gasteiger partial charge in [-0.25, -0.2) is 9.78 Å². The molecule has 106 valence electrons. The highest BCUT2D eigenvalue weighted by molar-refractivity contribution is 9.10. The zero-order valence-corrected chi connectivity index (χ0v) is 14.1. The minimum absolute atomic E-state index is 0.113. The van der Waals surface area contributed by atoms with Crippen molar-refractivity contribution < 1.29 is 14.1 Å². The molecule has 1 atom stereocenters. The second kappa shape index (κ2) is 6.15. The van der Waals surface area contributed by atoms with Crippen LogP contribution in [0.15, 0.2) is 27.6 Å². The van der Waals surface area contributed by atoms with Crippen molar-refractivity contribution in [2.45, 2.75) is 24.5 Å². The van der Waals surface area contributed by atoms with Gasteiger partial charge < -0.3 is 5.11 Å². The van der Waals surface area contributed by atoms with Gasteiger partial charge in [-0.1, -0.05) is 0 Å². The third-order valence-corrected chi connectivity index (χ3v) is 6.02. The summed E-state index contributed by atoms with van der Waals surface area (Å²) in [6.45, 7) is 3.89. The number of aromatic nitrogens is 1. The summed E-state index contributed by atoms with van der Waals surface area (Å²) in [6, 6.07) is 4.71. The Morgan fingerprint density at radius 3 is 2.70 bits per heavy atom. The maximum absolute atomic E-state index is 12.3. The Morgan fingerprint density at radius 1 is 1.45 bits per heavy atom. The number of carboxylic acid groups (broad SMARTS) is 1. The molecule has 1 unspecified atom stereocenters. The zero-order chi connectivity index (χ0) is 14.9. The van der Waals surface area contributed by atoms with Crippen LogP contribution in [-0.4, -0.2) is 20.3 Å². The monoisotopic (exact) mass is 373 g/mol. The molecule has 0 aliphatic heterocycles. The molecule has 1 N–H and O–H groups in total. The van der Waals surface area contributed by atoms with E-state index in [1.807, 2.05) is 13.8 Å². The average Bonchev–Trinajstić information content (AvgIpc) is 2.68. The number of hydrogen-bond donors (Lipinski definition) is 1. The molecule has 0 radical (unpaired) electrons. The van der Waals surface area contributed by atoms with E-state index in [1.165, 1.54) is 17.4 Å². The summed E-state index contributed by atoms with van der Waals surface area (Å²) in [5.41, 5.74) is 1.06. The Labute approximate surface area is 131 Å². The number of halogens is 1. The van der Waals surface area contributed by atoms with Gasteiger partial charge in [0.15, 0.2) is 0 Å². The van der Waals surface area contributed by atoms with Gasteiger partial charge in [0.1, 0.15) is 5.01 Å². The molecule has 20 heavy (non-hydrogen) atoms. The van der Waals surface area contributed by atoms with Crippen LogP contribution in [0.5, 0.6) is 0 Å². The van der Waals surface area contributed by atoms with E-state index < -0.39 is 16.8 Å². The van der Waals surface area contributed by atoms with Gasteiger partial charge in [-0.2, -0.15) is 0 Å². The zero-order valence-electron chi connectivity index (χ0n) is 10.8. The first kappa shape index (κ1) is 15.3. The fraction of sp³-hybridized carbons (Fsp3) is 0.231. The summed E-state index contributed by atoms with van der Waals surface area (Å²) < 4.78 is 12.8. The Kier molecular flexibility index (Phi) is 4.72. The minimum atomic E-state index is -1.30. The number of hydrogen-bond acceptors (Lipinski definition) is 4. The Balaban J connectivity index is 2.25. The van der Waals surface area contributed by atoms with E-state index in [0.717, 1.165) is 15.6 Å². The number of aryl methyl sites for hydroxylation is 2. The predicted octanol–water partition coefficient (Wildman–Crippen LogP) is 3.53. The quantitative estimate of drug-likeness (QED) is 0.889. The van der Waals surface area contributed by atoms with Crippen LogP contribution < -0.4 is 0 Å². The van der Waals surface area contributed by atoms with Crippen LogP contribution in [0.1, 0.15) is 25.9 Å². The van der Waals surface area contributed by atoms with Crippen LogP contribution in [0.4, 0.5) is 0 Å². The second-order valence-corrected chi connectivity index (χ2v) is 7.78. The maximum Gasteiger partial charge on any atom is 0.336 e. The molecular formula is C13H12BrNO3S2. The van der Waals surface area contributed by atoms with Gasteiger partial charge in [0, 0.05) is 14.2 Å². The lowest BCUT2D eigenvalue weighted by Crippen LogP contribution is -2.02. The Bertz CT molecular complexity index is 677. The molecule has 0 amide bonds. The normalized spacial score (nSPS) is 12.3. The van der Waals surface area contributed by atoms with E-state index in [4.69, 9.17) is 5.11 Å². The van der Waals surface area contributed by atoms with E-state index >= 15 is 0 Å². The third-order valence-electron chi connectivity index (χ3n) is 2.76. The molecule has 2 aromatic rings. The molecular weight excluding hydrogens is 362 g/mol. The fourth-order valence-electron chi connectivity index (χ4n) is 1.61. The molecule has 0 bridgehead atoms. The summed E-state index contributed by atoms with van der Waals surface area (Å²) in [4.78, 5) is 17.0. The summed E-state index contributed by atoms with van der Waals surface area (Å²) in [7, 11) is -1.30. The van der Waals surface area contributed by atoms with E-state index in [-0.39, 0.29) is 5.56 Å². The lowest BCUT2D eigenvalue weighted by atomic mass is 10.2. The number of aromatic carboxylic acids is 1. The molecule has 0 saturated carbocycles. The smallest absolute Gasteiger partial charge is 0.336 e. The topological polar surface area (TPSA) is 67.3 Å². The Morgan fingerprint density at radius 2 is 2.15 bits per heavy atom. The molecule has 4 nitrogen and oxygen atoms in total. The number of thiazole rings is 1. The molecule has 7 heteroatoms. The summed E-state index contributed by atoms with van der Waals surface area (Å²) >= 11 is 4.69. The molecule has 0 aliphatic rings. The van der Waals surface area contributed by atoms with Crippen molar-refractivity contribution >= 4 is 44.0 Å². The summed E-state index contributed by atoms with van der Waals surface area (Å²) in [5.74, 6) is -0.739. The van der Waals surface area contributed by atoms with Gasteiger partial charge in [-0.15, -0.1) is 11.3 Å². The molecule has 0 fully saturated rings. The van der Waals surface area contributed by atoms with Crippen LogP contribution >= 0.6 is 27.3 Å². The molecule has 0 spiro atoms. The van der Waals surface area contributed by atoms with Gasteiger partial charge >= 0.3 is 5.97 Å². The van der Waals surface area contributed by atoms with Crippen molar-refractivity contribution in [3.63, 3.8) is 0 Å². The first-order valence-electron chi connectivity index (χ1n) is 5.72. The minimum Gasteiger partial charge on any atom is -0.478 e. The van der Waals surface area contributed by atoms with Crippen molar-refractivity contribution in [3.05, 3.63) is 43.8 Å². The fourth-order valence-corrected chi connectivity index (χ4v) is 4.23. The lowest BCUT2D eigenvalue weighted by Gasteiger charge is -2.04. The number of carbonyl (C=O) groups is 1. The number of nitrogens with zero attached hydrogens (tertiary/aromatic N) is 1. The summed E-state index contributed by atoms with van der Waals surface area (Å²) in [6.07, 6.45) is 0. The molecule has 1 heterocycles. The van der Waals surface area contributed by atoms with Crippen molar-refractivity contribution in [1.29, 1.82) is 0 Å². The third kappa shape index (κ3) is 3.34. The maximum atomic E-state index is 12.3. The van der Waals surface area contributed by atoms with Crippen molar-refractivity contribution in [3.8, 4) is 0 Å². The van der Waals surface area contributed by atoms with Gasteiger partial charge in [-0.05, 0) is 48.0 Å². The van der Waals surface area contributed by atoms with Gasteiger partial charge in [0.05, 0.1) is 27.8 Å². The van der Waals surface area contributed by atoms with Gasteiger partial charge in [-0.3, -0.25) is 4.21 Å². The highest BCUT2D eigenvalue weighted by Crippen LogP contribution is 2.23.